The zero-order valence-corrected chi connectivity index (χ0v) is 10.8. The lowest BCUT2D eigenvalue weighted by molar-refractivity contribution is 0.199. The standard InChI is InChI=1S/C10H9ClN2OS2/c1-6(14)8-3-2-7(4-9(8)11)16-10-13-12-5-15-10/h2-6,14H,1H3. The second kappa shape index (κ2) is 5.14. The number of halogens is 1. The van der Waals surface area contributed by atoms with Gasteiger partial charge in [0.25, 0.3) is 0 Å². The van der Waals surface area contributed by atoms with Gasteiger partial charge in [-0.1, -0.05) is 40.8 Å². The van der Waals surface area contributed by atoms with E-state index < -0.39 is 6.10 Å². The zero-order valence-electron chi connectivity index (χ0n) is 8.42. The zero-order chi connectivity index (χ0) is 11.5. The molecule has 0 spiro atoms. The molecule has 1 aromatic heterocycles. The van der Waals surface area contributed by atoms with Crippen LogP contribution in [0, 0.1) is 0 Å². The molecule has 0 saturated heterocycles. The third-order valence-electron chi connectivity index (χ3n) is 1.97. The summed E-state index contributed by atoms with van der Waals surface area (Å²) in [5.74, 6) is 0. The molecule has 1 heterocycles. The van der Waals surface area contributed by atoms with E-state index >= 15 is 0 Å². The number of rotatable bonds is 3. The molecule has 6 heteroatoms. The van der Waals surface area contributed by atoms with Crippen LogP contribution < -0.4 is 0 Å². The van der Waals surface area contributed by atoms with E-state index in [9.17, 15) is 5.11 Å². The quantitative estimate of drug-likeness (QED) is 0.930. The molecule has 3 nitrogen and oxygen atoms in total. The monoisotopic (exact) mass is 272 g/mol. The van der Waals surface area contributed by atoms with Gasteiger partial charge in [-0.25, -0.2) is 0 Å². The molecule has 0 amide bonds. The minimum atomic E-state index is -0.548. The summed E-state index contributed by atoms with van der Waals surface area (Å²) < 4.78 is 0.876. The highest BCUT2D eigenvalue weighted by Crippen LogP contribution is 2.32. The summed E-state index contributed by atoms with van der Waals surface area (Å²) >= 11 is 9.05. The molecule has 0 fully saturated rings. The number of aliphatic hydroxyl groups is 1. The molecule has 2 aromatic rings. The van der Waals surface area contributed by atoms with Gasteiger partial charge < -0.3 is 5.11 Å². The molecule has 0 aliphatic heterocycles. The highest BCUT2D eigenvalue weighted by atomic mass is 35.5. The van der Waals surface area contributed by atoms with Crippen LogP contribution in [-0.4, -0.2) is 15.3 Å². The summed E-state index contributed by atoms with van der Waals surface area (Å²) in [7, 11) is 0. The molecular weight excluding hydrogens is 264 g/mol. The molecule has 0 radical (unpaired) electrons. The normalized spacial score (nSPS) is 12.7. The van der Waals surface area contributed by atoms with E-state index in [1.165, 1.54) is 23.1 Å². The van der Waals surface area contributed by atoms with E-state index in [2.05, 4.69) is 10.2 Å². The first-order valence-electron chi connectivity index (χ1n) is 4.58. The lowest BCUT2D eigenvalue weighted by Crippen LogP contribution is -1.91. The Morgan fingerprint density at radius 2 is 2.31 bits per heavy atom. The average Bonchev–Trinajstić information content (AvgIpc) is 2.70. The van der Waals surface area contributed by atoms with Gasteiger partial charge in [-0.2, -0.15) is 0 Å². The first kappa shape index (κ1) is 11.9. The van der Waals surface area contributed by atoms with Gasteiger partial charge in [0.05, 0.1) is 6.10 Å². The van der Waals surface area contributed by atoms with Gasteiger partial charge in [0, 0.05) is 9.92 Å². The molecule has 0 bridgehead atoms. The van der Waals surface area contributed by atoms with Crippen LogP contribution in [0.15, 0.2) is 32.9 Å². The Labute approximate surface area is 106 Å². The van der Waals surface area contributed by atoms with Gasteiger partial charge in [0.1, 0.15) is 5.51 Å². The Kier molecular flexibility index (Phi) is 3.81. The van der Waals surface area contributed by atoms with Crippen LogP contribution in [-0.2, 0) is 0 Å². The van der Waals surface area contributed by atoms with Crippen molar-refractivity contribution in [1.29, 1.82) is 0 Å². The molecule has 84 valence electrons. The van der Waals surface area contributed by atoms with Gasteiger partial charge in [0.15, 0.2) is 4.34 Å². The topological polar surface area (TPSA) is 46.0 Å². The van der Waals surface area contributed by atoms with Crippen molar-refractivity contribution >= 4 is 34.7 Å². The number of aliphatic hydroxyl groups excluding tert-OH is 1. The summed E-state index contributed by atoms with van der Waals surface area (Å²) in [5, 5.41) is 17.7. The molecule has 2 rings (SSSR count). The first-order chi connectivity index (χ1) is 7.66. The Hall–Kier alpha value is -0.620. The van der Waals surface area contributed by atoms with E-state index in [1.807, 2.05) is 18.2 Å². The molecule has 1 N–H and O–H groups in total. The number of aromatic nitrogens is 2. The third-order valence-corrected chi connectivity index (χ3v) is 4.06. The van der Waals surface area contributed by atoms with Crippen molar-refractivity contribution < 1.29 is 5.11 Å². The van der Waals surface area contributed by atoms with Gasteiger partial charge in [0.2, 0.25) is 0 Å². The summed E-state index contributed by atoms with van der Waals surface area (Å²) in [6.45, 7) is 1.69. The van der Waals surface area contributed by atoms with Crippen LogP contribution in [0.1, 0.15) is 18.6 Å². The van der Waals surface area contributed by atoms with Crippen molar-refractivity contribution in [1.82, 2.24) is 10.2 Å². The van der Waals surface area contributed by atoms with Crippen molar-refractivity contribution in [2.45, 2.75) is 22.3 Å². The molecule has 0 saturated carbocycles. The molecule has 16 heavy (non-hydrogen) atoms. The van der Waals surface area contributed by atoms with Crippen molar-refractivity contribution in [3.63, 3.8) is 0 Å². The summed E-state index contributed by atoms with van der Waals surface area (Å²) in [6, 6.07) is 5.58. The average molecular weight is 273 g/mol. The van der Waals surface area contributed by atoms with E-state index in [0.717, 1.165) is 14.8 Å². The molecule has 0 aliphatic rings. The van der Waals surface area contributed by atoms with Gasteiger partial charge in [-0.15, -0.1) is 10.2 Å². The molecular formula is C10H9ClN2OS2. The van der Waals surface area contributed by atoms with E-state index in [1.54, 1.807) is 12.4 Å². The lowest BCUT2D eigenvalue weighted by atomic mass is 10.1. The van der Waals surface area contributed by atoms with E-state index in [4.69, 9.17) is 11.6 Å². The van der Waals surface area contributed by atoms with Crippen LogP contribution in [0.5, 0.6) is 0 Å². The Morgan fingerprint density at radius 3 is 2.88 bits per heavy atom. The van der Waals surface area contributed by atoms with Crippen molar-refractivity contribution in [2.24, 2.45) is 0 Å². The highest BCUT2D eigenvalue weighted by Gasteiger charge is 2.08. The van der Waals surface area contributed by atoms with Crippen LogP contribution >= 0.6 is 34.7 Å². The largest absolute Gasteiger partial charge is 0.389 e. The minimum absolute atomic E-state index is 0.548. The molecule has 0 aliphatic carbocycles. The predicted molar refractivity (Wildman–Crippen MR) is 66.1 cm³/mol. The second-order valence-corrected chi connectivity index (χ2v) is 5.73. The fraction of sp³-hybridized carbons (Fsp3) is 0.200. The Morgan fingerprint density at radius 1 is 1.50 bits per heavy atom. The van der Waals surface area contributed by atoms with Crippen LogP contribution in [0.25, 0.3) is 0 Å². The van der Waals surface area contributed by atoms with Crippen LogP contribution in [0.2, 0.25) is 5.02 Å². The second-order valence-electron chi connectivity index (χ2n) is 3.17. The Balaban J connectivity index is 2.21. The summed E-state index contributed by atoms with van der Waals surface area (Å²) in [5.41, 5.74) is 2.43. The maximum atomic E-state index is 9.44. The summed E-state index contributed by atoms with van der Waals surface area (Å²) in [6.07, 6.45) is -0.548. The molecule has 1 atom stereocenters. The number of hydrogen-bond donors (Lipinski definition) is 1. The fourth-order valence-corrected chi connectivity index (χ4v) is 3.11. The number of benzene rings is 1. The van der Waals surface area contributed by atoms with Crippen molar-refractivity contribution in [3.05, 3.63) is 34.3 Å². The van der Waals surface area contributed by atoms with Gasteiger partial charge in [-0.3, -0.25) is 0 Å². The Bertz CT molecular complexity index is 474. The lowest BCUT2D eigenvalue weighted by Gasteiger charge is -2.08. The number of hydrogen-bond acceptors (Lipinski definition) is 5. The SMILES string of the molecule is CC(O)c1ccc(Sc2nncs2)cc1Cl. The predicted octanol–water partition coefficient (Wildman–Crippen LogP) is 3.40. The third kappa shape index (κ3) is 2.74. The minimum Gasteiger partial charge on any atom is -0.389 e. The fourth-order valence-electron chi connectivity index (χ4n) is 1.22. The van der Waals surface area contributed by atoms with Gasteiger partial charge >= 0.3 is 0 Å². The molecule has 1 unspecified atom stereocenters. The summed E-state index contributed by atoms with van der Waals surface area (Å²) in [4.78, 5) is 0.992. The molecule has 1 aromatic carbocycles. The smallest absolute Gasteiger partial charge is 0.178 e. The maximum Gasteiger partial charge on any atom is 0.178 e. The van der Waals surface area contributed by atoms with Crippen molar-refractivity contribution in [2.75, 3.05) is 0 Å². The first-order valence-corrected chi connectivity index (χ1v) is 6.66. The van der Waals surface area contributed by atoms with E-state index in [0.29, 0.717) is 5.02 Å². The van der Waals surface area contributed by atoms with E-state index in [-0.39, 0.29) is 0 Å². The number of nitrogens with zero attached hydrogens (tertiary/aromatic N) is 2. The highest BCUT2D eigenvalue weighted by molar-refractivity contribution is 8.01. The maximum absolute atomic E-state index is 9.44. The van der Waals surface area contributed by atoms with Gasteiger partial charge in [-0.05, 0) is 24.6 Å². The van der Waals surface area contributed by atoms with Crippen LogP contribution in [0.4, 0.5) is 0 Å². The van der Waals surface area contributed by atoms with Crippen LogP contribution in [0.3, 0.4) is 0 Å². The van der Waals surface area contributed by atoms with Crippen molar-refractivity contribution in [3.8, 4) is 0 Å².